The van der Waals surface area contributed by atoms with Gasteiger partial charge in [0.15, 0.2) is 0 Å². The molecule has 2 heterocycles. The number of amides is 1. The van der Waals surface area contributed by atoms with Gasteiger partial charge in [0.25, 0.3) is 0 Å². The van der Waals surface area contributed by atoms with Crippen molar-refractivity contribution in [2.45, 2.75) is 6.92 Å². The molecular weight excluding hydrogens is 349 g/mol. The molecule has 0 radical (unpaired) electrons. The predicted octanol–water partition coefficient (Wildman–Crippen LogP) is 3.11. The Labute approximate surface area is 150 Å². The fraction of sp³-hybridized carbons (Fsp3) is 0.312. The molecule has 6 nitrogen and oxygen atoms in total. The van der Waals surface area contributed by atoms with Crippen LogP contribution in [-0.2, 0) is 4.79 Å². The van der Waals surface area contributed by atoms with E-state index in [1.807, 2.05) is 13.0 Å². The molecule has 1 aromatic heterocycles. The molecule has 1 fully saturated rings. The minimum Gasteiger partial charge on any atom is -0.342 e. The average Bonchev–Trinajstić information content (AvgIpc) is 2.58. The molecule has 8 heteroatoms. The van der Waals surface area contributed by atoms with Crippen LogP contribution in [0.1, 0.15) is 5.69 Å². The second-order valence-corrected chi connectivity index (χ2v) is 6.36. The summed E-state index contributed by atoms with van der Waals surface area (Å²) in [5, 5.41) is 4.23. The monoisotopic (exact) mass is 365 g/mol. The number of rotatable bonds is 4. The van der Waals surface area contributed by atoms with Gasteiger partial charge in [-0.2, -0.15) is 4.98 Å². The van der Waals surface area contributed by atoms with E-state index in [1.54, 1.807) is 23.1 Å². The van der Waals surface area contributed by atoms with Crippen molar-refractivity contribution in [3.8, 4) is 0 Å². The lowest BCUT2D eigenvalue weighted by Crippen LogP contribution is -2.46. The minimum atomic E-state index is 0.528. The minimum absolute atomic E-state index is 0.528. The summed E-state index contributed by atoms with van der Waals surface area (Å²) in [6.07, 6.45) is 0.876. The van der Waals surface area contributed by atoms with E-state index in [2.05, 4.69) is 20.2 Å². The number of nitrogens with one attached hydrogen (secondary N) is 1. The highest BCUT2D eigenvalue weighted by atomic mass is 35.5. The molecule has 24 heavy (non-hydrogen) atoms. The highest BCUT2D eigenvalue weighted by Crippen LogP contribution is 2.32. The van der Waals surface area contributed by atoms with E-state index in [4.69, 9.17) is 23.2 Å². The van der Waals surface area contributed by atoms with E-state index in [-0.39, 0.29) is 0 Å². The number of nitrogens with zero attached hydrogens (tertiary/aromatic N) is 4. The third kappa shape index (κ3) is 3.71. The number of halogens is 2. The first-order valence-electron chi connectivity index (χ1n) is 7.58. The first-order chi connectivity index (χ1) is 11.6. The number of hydrogen-bond acceptors (Lipinski definition) is 5. The molecular formula is C16H17Cl2N5O. The van der Waals surface area contributed by atoms with Crippen LogP contribution in [0.2, 0.25) is 10.0 Å². The number of hydrogen-bond donors (Lipinski definition) is 1. The van der Waals surface area contributed by atoms with Gasteiger partial charge >= 0.3 is 0 Å². The van der Waals surface area contributed by atoms with Crippen LogP contribution in [0.25, 0.3) is 0 Å². The summed E-state index contributed by atoms with van der Waals surface area (Å²) < 4.78 is 0. The zero-order valence-corrected chi connectivity index (χ0v) is 14.7. The summed E-state index contributed by atoms with van der Waals surface area (Å²) in [7, 11) is 0. The molecule has 1 saturated heterocycles. The molecule has 126 valence electrons. The van der Waals surface area contributed by atoms with Crippen LogP contribution in [0.3, 0.4) is 0 Å². The van der Waals surface area contributed by atoms with Crippen LogP contribution in [0.4, 0.5) is 17.5 Å². The van der Waals surface area contributed by atoms with Crippen LogP contribution >= 0.6 is 23.2 Å². The van der Waals surface area contributed by atoms with Gasteiger partial charge in [-0.1, -0.05) is 29.3 Å². The maximum absolute atomic E-state index is 10.8. The van der Waals surface area contributed by atoms with Crippen LogP contribution in [0.15, 0.2) is 24.3 Å². The van der Waals surface area contributed by atoms with Crippen molar-refractivity contribution in [2.75, 3.05) is 36.4 Å². The van der Waals surface area contributed by atoms with Gasteiger partial charge < -0.3 is 15.1 Å². The van der Waals surface area contributed by atoms with E-state index in [1.165, 1.54) is 0 Å². The molecule has 1 aromatic carbocycles. The van der Waals surface area contributed by atoms with Crippen molar-refractivity contribution in [1.29, 1.82) is 0 Å². The number of aryl methyl sites for hydroxylation is 1. The highest BCUT2D eigenvalue weighted by molar-refractivity contribution is 6.39. The number of aromatic nitrogens is 2. The summed E-state index contributed by atoms with van der Waals surface area (Å²) in [5.74, 6) is 1.26. The van der Waals surface area contributed by atoms with Crippen LogP contribution in [0.5, 0.6) is 0 Å². The first-order valence-corrected chi connectivity index (χ1v) is 8.33. The Kier molecular flexibility index (Phi) is 5.06. The van der Waals surface area contributed by atoms with Crippen LogP contribution < -0.4 is 10.2 Å². The first kappa shape index (κ1) is 16.8. The Morgan fingerprint density at radius 2 is 1.79 bits per heavy atom. The molecule has 0 spiro atoms. The van der Waals surface area contributed by atoms with E-state index < -0.39 is 0 Å². The third-order valence-corrected chi connectivity index (χ3v) is 4.43. The third-order valence-electron chi connectivity index (χ3n) is 3.80. The number of carbonyl (C=O) groups is 1. The van der Waals surface area contributed by atoms with Gasteiger partial charge in [-0.15, -0.1) is 0 Å². The maximum atomic E-state index is 10.8. The summed E-state index contributed by atoms with van der Waals surface area (Å²) in [6, 6.07) is 7.16. The van der Waals surface area contributed by atoms with Crippen molar-refractivity contribution in [3.05, 3.63) is 40.0 Å². The molecule has 1 amide bonds. The number of benzene rings is 1. The summed E-state index contributed by atoms with van der Waals surface area (Å²) in [6.45, 7) is 4.65. The summed E-state index contributed by atoms with van der Waals surface area (Å²) in [4.78, 5) is 23.7. The molecule has 0 unspecified atom stereocenters. The second-order valence-electron chi connectivity index (χ2n) is 5.54. The molecule has 0 saturated carbocycles. The molecule has 0 bridgehead atoms. The topological polar surface area (TPSA) is 61.4 Å². The fourth-order valence-electron chi connectivity index (χ4n) is 2.53. The Bertz CT molecular complexity index is 727. The molecule has 1 N–H and O–H groups in total. The SMILES string of the molecule is Cc1cc(Nc2c(Cl)cccc2Cl)nc(N2CCN(C=O)CC2)n1. The number of piperazine rings is 1. The lowest BCUT2D eigenvalue weighted by Gasteiger charge is -2.32. The lowest BCUT2D eigenvalue weighted by molar-refractivity contribution is -0.118. The predicted molar refractivity (Wildman–Crippen MR) is 96.4 cm³/mol. The van der Waals surface area contributed by atoms with Crippen molar-refractivity contribution in [3.63, 3.8) is 0 Å². The quantitative estimate of drug-likeness (QED) is 0.843. The van der Waals surface area contributed by atoms with Gasteiger partial charge in [-0.05, 0) is 19.1 Å². The second kappa shape index (κ2) is 7.23. The largest absolute Gasteiger partial charge is 0.342 e. The fourth-order valence-corrected chi connectivity index (χ4v) is 3.02. The van der Waals surface area contributed by atoms with Crippen molar-refractivity contribution in [1.82, 2.24) is 14.9 Å². The van der Waals surface area contributed by atoms with E-state index in [0.29, 0.717) is 53.7 Å². The Hall–Kier alpha value is -2.05. The highest BCUT2D eigenvalue weighted by Gasteiger charge is 2.19. The molecule has 0 aliphatic carbocycles. The maximum Gasteiger partial charge on any atom is 0.227 e. The standard InChI is InChI=1S/C16H17Cl2N5O/c1-11-9-14(20-15-12(17)3-2-4-13(15)18)21-16(19-11)23-7-5-22(10-24)6-8-23/h2-4,9-10H,5-8H2,1H3,(H,19,20,21). The zero-order valence-electron chi connectivity index (χ0n) is 13.2. The van der Waals surface area contributed by atoms with E-state index >= 15 is 0 Å². The molecule has 3 rings (SSSR count). The smallest absolute Gasteiger partial charge is 0.227 e. The zero-order chi connectivity index (χ0) is 17.1. The molecule has 0 atom stereocenters. The van der Waals surface area contributed by atoms with Crippen molar-refractivity contribution < 1.29 is 4.79 Å². The van der Waals surface area contributed by atoms with Gasteiger partial charge in [0.1, 0.15) is 5.82 Å². The normalized spacial score (nSPS) is 14.6. The average molecular weight is 366 g/mol. The summed E-state index contributed by atoms with van der Waals surface area (Å²) >= 11 is 12.4. The van der Waals surface area contributed by atoms with E-state index in [0.717, 1.165) is 12.1 Å². The molecule has 1 aliphatic heterocycles. The van der Waals surface area contributed by atoms with Crippen LogP contribution in [-0.4, -0.2) is 47.5 Å². The Balaban J connectivity index is 1.83. The van der Waals surface area contributed by atoms with Gasteiger partial charge in [-0.3, -0.25) is 4.79 Å². The number of carbonyl (C=O) groups excluding carboxylic acids is 1. The van der Waals surface area contributed by atoms with Crippen molar-refractivity contribution >= 4 is 47.1 Å². The van der Waals surface area contributed by atoms with Crippen LogP contribution in [0, 0.1) is 6.92 Å². The number of para-hydroxylation sites is 1. The number of anilines is 3. The van der Waals surface area contributed by atoms with Gasteiger partial charge in [-0.25, -0.2) is 4.98 Å². The van der Waals surface area contributed by atoms with Gasteiger partial charge in [0, 0.05) is 37.9 Å². The van der Waals surface area contributed by atoms with Gasteiger partial charge in [0.2, 0.25) is 12.4 Å². The lowest BCUT2D eigenvalue weighted by atomic mass is 10.3. The Morgan fingerprint density at radius 1 is 1.12 bits per heavy atom. The summed E-state index contributed by atoms with van der Waals surface area (Å²) in [5.41, 5.74) is 1.46. The molecule has 2 aromatic rings. The van der Waals surface area contributed by atoms with Gasteiger partial charge in [0.05, 0.1) is 15.7 Å². The van der Waals surface area contributed by atoms with Crippen molar-refractivity contribution in [2.24, 2.45) is 0 Å². The Morgan fingerprint density at radius 3 is 2.42 bits per heavy atom. The van der Waals surface area contributed by atoms with E-state index in [9.17, 15) is 4.79 Å². The molecule has 1 aliphatic rings.